The molecule has 0 amide bonds. The van der Waals surface area contributed by atoms with Gasteiger partial charge in [0.1, 0.15) is 0 Å². The van der Waals surface area contributed by atoms with E-state index in [2.05, 4.69) is 77.7 Å². The van der Waals surface area contributed by atoms with Crippen LogP contribution < -0.4 is 24.8 Å². The van der Waals surface area contributed by atoms with Crippen LogP contribution in [0.5, 0.6) is 0 Å². The first-order valence-electron chi connectivity index (χ1n) is 8.15. The van der Waals surface area contributed by atoms with E-state index in [1.54, 1.807) is 12.1 Å². The predicted octanol–water partition coefficient (Wildman–Crippen LogP) is 1.25. The molecule has 0 aliphatic heterocycles. The number of benzene rings is 2. The Bertz CT molecular complexity index is 720. The standard InChI is InChI=1S/C9H13.C7H6.C6H5BrN.2ClH.Zr/c1-6-5-7(2)9(4)8(6)3;1-7-5-3-2-4-6-7;7-5-1-3-6(8)4-2-5;;;/h6H,1-4H3;1-6H;1-4,8H;2*1H;/q-1;;-1;;;+2/p-2. The molecule has 27 heavy (non-hydrogen) atoms. The molecule has 1 N–H and O–H groups in total. The summed E-state index contributed by atoms with van der Waals surface area (Å²) in [6.45, 7) is 8.67. The van der Waals surface area contributed by atoms with Crippen LogP contribution in [0.1, 0.15) is 33.3 Å². The van der Waals surface area contributed by atoms with Crippen molar-refractivity contribution in [3.05, 3.63) is 93.2 Å². The van der Waals surface area contributed by atoms with E-state index in [0.29, 0.717) is 11.6 Å². The van der Waals surface area contributed by atoms with E-state index in [9.17, 15) is 0 Å². The molecule has 0 fully saturated rings. The number of allylic oxidation sites excluding steroid dienone is 4. The summed E-state index contributed by atoms with van der Waals surface area (Å²) in [6, 6.07) is 17.5. The predicted molar refractivity (Wildman–Crippen MR) is 110 cm³/mol. The fourth-order valence-corrected chi connectivity index (χ4v) is 2.90. The number of nitrogens with one attached hydrogen (secondary N) is 1. The summed E-state index contributed by atoms with van der Waals surface area (Å²) >= 11 is 4.73. The molecule has 0 saturated heterocycles. The summed E-state index contributed by atoms with van der Waals surface area (Å²) < 4.78 is 3.20. The minimum absolute atomic E-state index is 0. The van der Waals surface area contributed by atoms with Crippen molar-refractivity contribution in [2.75, 3.05) is 0 Å². The molecule has 0 radical (unpaired) electrons. The van der Waals surface area contributed by atoms with Crippen molar-refractivity contribution in [1.82, 2.24) is 0 Å². The van der Waals surface area contributed by atoms with Gasteiger partial charge in [-0.2, -0.15) is 11.1 Å². The van der Waals surface area contributed by atoms with E-state index in [1.165, 1.54) is 46.5 Å². The summed E-state index contributed by atoms with van der Waals surface area (Å²) in [5.74, 6) is 0.560. The molecule has 5 heteroatoms. The van der Waals surface area contributed by atoms with Crippen LogP contribution in [0.3, 0.4) is 0 Å². The van der Waals surface area contributed by atoms with Gasteiger partial charge in [0.05, 0.1) is 0 Å². The topological polar surface area (TPSA) is 23.8 Å². The van der Waals surface area contributed by atoms with E-state index >= 15 is 0 Å². The summed E-state index contributed by atoms with van der Waals surface area (Å²) in [5.41, 5.74) is 13.2. The van der Waals surface area contributed by atoms with Gasteiger partial charge in [0, 0.05) is 4.47 Å². The van der Waals surface area contributed by atoms with E-state index < -0.39 is 0 Å². The molecule has 1 unspecified atom stereocenters. The van der Waals surface area contributed by atoms with Crippen LogP contribution in [0.4, 0.5) is 5.69 Å². The molecule has 2 aromatic carbocycles. The van der Waals surface area contributed by atoms with E-state index in [1.807, 2.05) is 18.2 Å². The monoisotopic (exact) mass is 541 g/mol. The number of hydrogen-bond acceptors (Lipinski definition) is 0. The van der Waals surface area contributed by atoms with Gasteiger partial charge in [-0.15, -0.1) is 12.6 Å². The minimum atomic E-state index is 0. The summed E-state index contributed by atoms with van der Waals surface area (Å²) in [4.78, 5) is 0. The van der Waals surface area contributed by atoms with Crippen molar-refractivity contribution < 1.29 is 49.0 Å². The van der Waals surface area contributed by atoms with Crippen LogP contribution in [-0.2, 0) is 24.2 Å². The van der Waals surface area contributed by atoms with Gasteiger partial charge in [-0.3, -0.25) is 6.08 Å². The van der Waals surface area contributed by atoms with Gasteiger partial charge < -0.3 is 30.5 Å². The van der Waals surface area contributed by atoms with E-state index in [-0.39, 0.29) is 24.8 Å². The van der Waals surface area contributed by atoms with Gasteiger partial charge in [-0.25, -0.2) is 5.57 Å². The van der Waals surface area contributed by atoms with Gasteiger partial charge in [0.15, 0.2) is 0 Å². The Hall–Kier alpha value is -0.467. The first-order chi connectivity index (χ1) is 11.8. The maximum absolute atomic E-state index is 7.07. The van der Waals surface area contributed by atoms with Crippen LogP contribution in [0.25, 0.3) is 5.73 Å². The zero-order chi connectivity index (χ0) is 18.8. The van der Waals surface area contributed by atoms with Crippen molar-refractivity contribution in [3.8, 4) is 0 Å². The molecule has 144 valence electrons. The van der Waals surface area contributed by atoms with Crippen molar-refractivity contribution in [3.63, 3.8) is 0 Å². The fraction of sp³-hybridized carbons (Fsp3) is 0.227. The molecule has 0 heterocycles. The summed E-state index contributed by atoms with van der Waals surface area (Å²) in [7, 11) is 0. The molecule has 2 aromatic rings. The molecule has 0 spiro atoms. The molecule has 1 aliphatic rings. The number of rotatable bonds is 1. The molecule has 0 aromatic heterocycles. The van der Waals surface area contributed by atoms with Crippen LogP contribution in [0.15, 0.2) is 75.8 Å². The van der Waals surface area contributed by atoms with Gasteiger partial charge in [0.2, 0.25) is 0 Å². The van der Waals surface area contributed by atoms with Crippen LogP contribution >= 0.6 is 15.9 Å². The molecule has 1 aliphatic carbocycles. The Morgan fingerprint density at radius 3 is 1.74 bits per heavy atom. The van der Waals surface area contributed by atoms with Crippen molar-refractivity contribution in [2.45, 2.75) is 27.7 Å². The average Bonchev–Trinajstić information content (AvgIpc) is 2.85. The Morgan fingerprint density at radius 2 is 1.48 bits per heavy atom. The SMILES string of the molecule is CC1=[C-]C(C)C(C)=C1C.[Cl-].[Cl-].[NH-]c1ccc(Br)cc1.[Zr+2]=[CH]c1ccccc1. The summed E-state index contributed by atoms with van der Waals surface area (Å²) in [6.07, 6.45) is 3.36. The van der Waals surface area contributed by atoms with E-state index in [4.69, 9.17) is 5.73 Å². The van der Waals surface area contributed by atoms with Crippen LogP contribution in [0, 0.1) is 12.0 Å². The second-order valence-corrected chi connectivity index (χ2v) is 7.49. The van der Waals surface area contributed by atoms with Gasteiger partial charge in [0.25, 0.3) is 0 Å². The Kier molecular flexibility index (Phi) is 16.5. The molecular formula is C22H24BrCl2NZr-2. The third kappa shape index (κ3) is 11.2. The molecule has 0 bridgehead atoms. The maximum atomic E-state index is 7.07. The quantitative estimate of drug-likeness (QED) is 0.483. The van der Waals surface area contributed by atoms with Gasteiger partial charge >= 0.3 is 63.8 Å². The van der Waals surface area contributed by atoms with E-state index in [0.717, 1.165) is 4.47 Å². The zero-order valence-corrected chi connectivity index (χ0v) is 21.5. The first-order valence-corrected chi connectivity index (χ1v) is 10.4. The number of hydrogen-bond donors (Lipinski definition) is 0. The Labute approximate surface area is 199 Å². The van der Waals surface area contributed by atoms with Gasteiger partial charge in [-0.1, -0.05) is 54.8 Å². The van der Waals surface area contributed by atoms with Crippen molar-refractivity contribution in [2.24, 2.45) is 5.92 Å². The fourth-order valence-electron chi connectivity index (χ4n) is 2.16. The Morgan fingerprint density at radius 1 is 0.963 bits per heavy atom. The summed E-state index contributed by atoms with van der Waals surface area (Å²) in [5, 5.41) is 0. The van der Waals surface area contributed by atoms with Crippen molar-refractivity contribution in [1.29, 1.82) is 0 Å². The van der Waals surface area contributed by atoms with Gasteiger partial charge in [-0.05, 0) is 12.1 Å². The third-order valence-electron chi connectivity index (χ3n) is 4.05. The molecule has 1 atom stereocenters. The normalized spacial score (nSPS) is 14.3. The number of halogens is 3. The second kappa shape index (κ2) is 15.5. The zero-order valence-electron chi connectivity index (χ0n) is 16.0. The second-order valence-electron chi connectivity index (χ2n) is 5.86. The van der Waals surface area contributed by atoms with Crippen LogP contribution in [-0.4, -0.2) is 3.71 Å². The Balaban J connectivity index is 0. The average molecular weight is 544 g/mol. The first kappa shape index (κ1) is 28.7. The molecule has 1 nitrogen and oxygen atoms in total. The molecule has 3 rings (SSSR count). The molecule has 0 saturated carbocycles. The van der Waals surface area contributed by atoms with Crippen molar-refractivity contribution >= 4 is 25.3 Å². The van der Waals surface area contributed by atoms with Crippen LogP contribution in [0.2, 0.25) is 0 Å². The third-order valence-corrected chi connectivity index (χ3v) is 5.40. The molecular weight excluding hydrogens is 520 g/mol.